The fourth-order valence-corrected chi connectivity index (χ4v) is 1.86. The molecule has 1 aromatic carbocycles. The molecule has 0 aliphatic heterocycles. The van der Waals surface area contributed by atoms with E-state index >= 15 is 0 Å². The molecule has 2 aromatic rings. The number of carbonyl (C=O) groups is 1. The number of nitrogens with zero attached hydrogens (tertiary/aromatic N) is 1. The Morgan fingerprint density at radius 1 is 1.35 bits per heavy atom. The normalized spacial score (nSPS) is 12.6. The van der Waals surface area contributed by atoms with Gasteiger partial charge in [-0.25, -0.2) is 0 Å². The van der Waals surface area contributed by atoms with Crippen molar-refractivity contribution in [1.29, 1.82) is 0 Å². The molecule has 1 unspecified atom stereocenters. The van der Waals surface area contributed by atoms with Crippen LogP contribution in [-0.2, 0) is 4.79 Å². The van der Waals surface area contributed by atoms with E-state index in [2.05, 4.69) is 4.98 Å². The number of aromatic nitrogens is 1. The highest BCUT2D eigenvalue weighted by atomic mass is 16.1. The molecule has 1 heterocycles. The summed E-state index contributed by atoms with van der Waals surface area (Å²) >= 11 is 0. The lowest BCUT2D eigenvalue weighted by molar-refractivity contribution is -0.119. The van der Waals surface area contributed by atoms with Gasteiger partial charge in [-0.15, -0.1) is 0 Å². The van der Waals surface area contributed by atoms with E-state index in [1.54, 1.807) is 6.92 Å². The first-order valence-electron chi connectivity index (χ1n) is 5.45. The number of nitrogen functional groups attached to an aromatic ring is 1. The summed E-state index contributed by atoms with van der Waals surface area (Å²) in [4.78, 5) is 15.6. The Kier molecular flexibility index (Phi) is 2.71. The van der Waals surface area contributed by atoms with Gasteiger partial charge in [-0.05, 0) is 26.0 Å². The van der Waals surface area contributed by atoms with Gasteiger partial charge in [0.25, 0.3) is 0 Å². The molecule has 1 aromatic heterocycles. The average molecular weight is 229 g/mol. The van der Waals surface area contributed by atoms with Crippen molar-refractivity contribution in [3.63, 3.8) is 0 Å². The van der Waals surface area contributed by atoms with Crippen molar-refractivity contribution in [2.24, 2.45) is 5.73 Å². The summed E-state index contributed by atoms with van der Waals surface area (Å²) in [6.07, 6.45) is 0. The van der Waals surface area contributed by atoms with Gasteiger partial charge in [0, 0.05) is 22.2 Å². The van der Waals surface area contributed by atoms with Crippen LogP contribution in [0.1, 0.15) is 24.2 Å². The number of aryl methyl sites for hydroxylation is 1. The molecular formula is C13H15N3O. The van der Waals surface area contributed by atoms with Gasteiger partial charge in [0.1, 0.15) is 0 Å². The zero-order valence-corrected chi connectivity index (χ0v) is 9.90. The maximum absolute atomic E-state index is 11.2. The molecule has 0 saturated carbocycles. The average Bonchev–Trinajstić information content (AvgIpc) is 2.29. The van der Waals surface area contributed by atoms with Crippen molar-refractivity contribution < 1.29 is 4.79 Å². The molecule has 17 heavy (non-hydrogen) atoms. The van der Waals surface area contributed by atoms with Crippen molar-refractivity contribution in [3.05, 3.63) is 35.7 Å². The molecule has 0 saturated heterocycles. The van der Waals surface area contributed by atoms with Crippen molar-refractivity contribution in [1.82, 2.24) is 4.98 Å². The summed E-state index contributed by atoms with van der Waals surface area (Å²) in [5.41, 5.74) is 13.4. The first-order valence-corrected chi connectivity index (χ1v) is 5.45. The number of rotatable bonds is 2. The Hall–Kier alpha value is -2.10. The van der Waals surface area contributed by atoms with Crippen LogP contribution in [-0.4, -0.2) is 10.9 Å². The van der Waals surface area contributed by atoms with Crippen LogP contribution in [0.25, 0.3) is 10.8 Å². The van der Waals surface area contributed by atoms with E-state index in [-0.39, 0.29) is 5.91 Å². The monoisotopic (exact) mass is 229 g/mol. The third-order valence-corrected chi connectivity index (χ3v) is 2.99. The number of fused-ring (bicyclic) bond motifs is 1. The molecule has 0 aliphatic carbocycles. The van der Waals surface area contributed by atoms with E-state index < -0.39 is 5.92 Å². The Labute approximate surface area is 99.6 Å². The molecule has 4 N–H and O–H groups in total. The third kappa shape index (κ3) is 1.93. The molecule has 4 heteroatoms. The van der Waals surface area contributed by atoms with Crippen LogP contribution in [0, 0.1) is 6.92 Å². The number of hydrogen-bond donors (Lipinski definition) is 2. The molecule has 0 aliphatic rings. The molecule has 0 spiro atoms. The highest BCUT2D eigenvalue weighted by Crippen LogP contribution is 2.26. The van der Waals surface area contributed by atoms with Gasteiger partial charge >= 0.3 is 0 Å². The zero-order valence-electron chi connectivity index (χ0n) is 9.90. The minimum atomic E-state index is -0.405. The van der Waals surface area contributed by atoms with Crippen molar-refractivity contribution in [3.8, 4) is 0 Å². The lowest BCUT2D eigenvalue weighted by atomic mass is 10.0. The quantitative estimate of drug-likeness (QED) is 0.769. The van der Waals surface area contributed by atoms with Crippen LogP contribution in [0.5, 0.6) is 0 Å². The number of amides is 1. The van der Waals surface area contributed by atoms with Crippen molar-refractivity contribution in [2.45, 2.75) is 19.8 Å². The first-order chi connectivity index (χ1) is 8.00. The summed E-state index contributed by atoms with van der Waals surface area (Å²) in [7, 11) is 0. The second kappa shape index (κ2) is 4.05. The lowest BCUT2D eigenvalue weighted by Gasteiger charge is -2.11. The summed E-state index contributed by atoms with van der Waals surface area (Å²) in [5, 5.41) is 1.92. The molecule has 0 radical (unpaired) electrons. The largest absolute Gasteiger partial charge is 0.398 e. The predicted molar refractivity (Wildman–Crippen MR) is 68.5 cm³/mol. The topological polar surface area (TPSA) is 82.0 Å². The summed E-state index contributed by atoms with van der Waals surface area (Å²) in [6.45, 7) is 3.65. The maximum Gasteiger partial charge on any atom is 0.226 e. The van der Waals surface area contributed by atoms with Crippen LogP contribution in [0.2, 0.25) is 0 Å². The van der Waals surface area contributed by atoms with E-state index in [0.29, 0.717) is 11.4 Å². The highest BCUT2D eigenvalue weighted by molar-refractivity contribution is 5.95. The Bertz CT molecular complexity index is 592. The minimum absolute atomic E-state index is 0.384. The number of anilines is 1. The van der Waals surface area contributed by atoms with E-state index in [9.17, 15) is 4.79 Å². The Morgan fingerprint density at radius 3 is 2.71 bits per heavy atom. The SMILES string of the molecule is Cc1nc(C(C)C(N)=O)cc2c(N)cccc12. The zero-order chi connectivity index (χ0) is 12.6. The van der Waals surface area contributed by atoms with E-state index in [4.69, 9.17) is 11.5 Å². The van der Waals surface area contributed by atoms with E-state index in [0.717, 1.165) is 16.5 Å². The van der Waals surface area contributed by atoms with E-state index in [1.165, 1.54) is 0 Å². The van der Waals surface area contributed by atoms with Gasteiger partial charge in [-0.1, -0.05) is 12.1 Å². The van der Waals surface area contributed by atoms with Crippen molar-refractivity contribution in [2.75, 3.05) is 5.73 Å². The number of nitrogens with two attached hydrogens (primary N) is 2. The van der Waals surface area contributed by atoms with Crippen LogP contribution in [0.15, 0.2) is 24.3 Å². The number of carbonyl (C=O) groups excluding carboxylic acids is 1. The van der Waals surface area contributed by atoms with Gasteiger partial charge in [-0.3, -0.25) is 9.78 Å². The fourth-order valence-electron chi connectivity index (χ4n) is 1.86. The van der Waals surface area contributed by atoms with Gasteiger partial charge in [-0.2, -0.15) is 0 Å². The third-order valence-electron chi connectivity index (χ3n) is 2.99. The summed E-state index contributed by atoms with van der Waals surface area (Å²) in [6, 6.07) is 7.53. The van der Waals surface area contributed by atoms with Crippen molar-refractivity contribution >= 4 is 22.4 Å². The second-order valence-corrected chi connectivity index (χ2v) is 4.20. The first kappa shape index (κ1) is 11.4. The summed E-state index contributed by atoms with van der Waals surface area (Å²) < 4.78 is 0. The van der Waals surface area contributed by atoms with Gasteiger partial charge in [0.2, 0.25) is 5.91 Å². The molecule has 2 rings (SSSR count). The number of hydrogen-bond acceptors (Lipinski definition) is 3. The second-order valence-electron chi connectivity index (χ2n) is 4.20. The van der Waals surface area contributed by atoms with Crippen LogP contribution < -0.4 is 11.5 Å². The molecule has 88 valence electrons. The Morgan fingerprint density at radius 2 is 2.06 bits per heavy atom. The Balaban J connectivity index is 2.70. The van der Waals surface area contributed by atoms with Gasteiger partial charge in [0.15, 0.2) is 0 Å². The maximum atomic E-state index is 11.2. The highest BCUT2D eigenvalue weighted by Gasteiger charge is 2.15. The molecular weight excluding hydrogens is 214 g/mol. The molecule has 1 amide bonds. The smallest absolute Gasteiger partial charge is 0.226 e. The number of pyridine rings is 1. The molecule has 0 fully saturated rings. The number of primary amides is 1. The fraction of sp³-hybridized carbons (Fsp3) is 0.231. The predicted octanol–water partition coefficient (Wildman–Crippen LogP) is 1.71. The van der Waals surface area contributed by atoms with Gasteiger partial charge < -0.3 is 11.5 Å². The molecule has 1 atom stereocenters. The van der Waals surface area contributed by atoms with Crippen LogP contribution >= 0.6 is 0 Å². The standard InChI is InChI=1S/C13H15N3O/c1-7(13(15)17)12-6-10-9(8(2)16-12)4-3-5-11(10)14/h3-7H,14H2,1-2H3,(H2,15,17). The van der Waals surface area contributed by atoms with Gasteiger partial charge in [0.05, 0.1) is 11.6 Å². The molecule has 4 nitrogen and oxygen atoms in total. The lowest BCUT2D eigenvalue weighted by Crippen LogP contribution is -2.19. The van der Waals surface area contributed by atoms with Crippen LogP contribution in [0.4, 0.5) is 5.69 Å². The summed E-state index contributed by atoms with van der Waals surface area (Å²) in [5.74, 6) is -0.788. The van der Waals surface area contributed by atoms with E-state index in [1.807, 2.05) is 31.2 Å². The van der Waals surface area contributed by atoms with Crippen LogP contribution in [0.3, 0.4) is 0 Å². The minimum Gasteiger partial charge on any atom is -0.398 e. The number of benzene rings is 1. The molecule has 0 bridgehead atoms.